The summed E-state index contributed by atoms with van der Waals surface area (Å²) in [5.74, 6) is -0.845. The van der Waals surface area contributed by atoms with Crippen molar-refractivity contribution in [1.82, 2.24) is 10.3 Å². The molecule has 0 aliphatic rings. The van der Waals surface area contributed by atoms with Crippen molar-refractivity contribution in [2.24, 2.45) is 0 Å². The average Bonchev–Trinajstić information content (AvgIpc) is 3.29. The highest BCUT2D eigenvalue weighted by Crippen LogP contribution is 2.20. The zero-order chi connectivity index (χ0) is 24.8. The highest BCUT2D eigenvalue weighted by Gasteiger charge is 2.25. The number of benzene rings is 3. The van der Waals surface area contributed by atoms with Crippen molar-refractivity contribution in [3.63, 3.8) is 0 Å². The molecule has 35 heavy (non-hydrogen) atoms. The fraction of sp³-hybridized carbons (Fsp3) is 0.148. The number of aromatic nitrogens is 1. The molecule has 0 bridgehead atoms. The summed E-state index contributed by atoms with van der Waals surface area (Å²) < 4.78 is 11.3. The molecule has 4 rings (SSSR count). The zero-order valence-electron chi connectivity index (χ0n) is 18.9. The smallest absolute Gasteiger partial charge is 0.329 e. The number of carbonyl (C=O) groups excluding carboxylic acids is 3. The normalized spacial score (nSPS) is 11.6. The van der Waals surface area contributed by atoms with Crippen LogP contribution in [0.15, 0.2) is 83.5 Å². The Balaban J connectivity index is 1.50. The van der Waals surface area contributed by atoms with E-state index < -0.39 is 24.5 Å². The summed E-state index contributed by atoms with van der Waals surface area (Å²) in [4.78, 5) is 41.6. The average molecular weight is 535 g/mol. The minimum Gasteiger partial charge on any atom is -0.497 e. The largest absolute Gasteiger partial charge is 0.497 e. The number of rotatable bonds is 9. The first kappa shape index (κ1) is 24.2. The van der Waals surface area contributed by atoms with Crippen LogP contribution in [-0.4, -0.2) is 42.4 Å². The van der Waals surface area contributed by atoms with E-state index in [1.807, 2.05) is 24.3 Å². The molecule has 0 aliphatic heterocycles. The summed E-state index contributed by atoms with van der Waals surface area (Å²) in [6, 6.07) is 20.0. The second-order valence-electron chi connectivity index (χ2n) is 7.86. The second kappa shape index (κ2) is 11.0. The van der Waals surface area contributed by atoms with Crippen molar-refractivity contribution in [3.8, 4) is 5.75 Å². The van der Waals surface area contributed by atoms with Crippen LogP contribution in [0.5, 0.6) is 5.75 Å². The maximum Gasteiger partial charge on any atom is 0.329 e. The van der Waals surface area contributed by atoms with Gasteiger partial charge in [0, 0.05) is 39.1 Å². The van der Waals surface area contributed by atoms with E-state index in [1.54, 1.807) is 54.7 Å². The van der Waals surface area contributed by atoms with Gasteiger partial charge in [-0.15, -0.1) is 0 Å². The first-order valence-corrected chi connectivity index (χ1v) is 11.7. The number of para-hydroxylation sites is 1. The third-order valence-electron chi connectivity index (χ3n) is 5.55. The van der Waals surface area contributed by atoms with E-state index in [9.17, 15) is 14.4 Å². The fourth-order valence-corrected chi connectivity index (χ4v) is 3.92. The van der Waals surface area contributed by atoms with Gasteiger partial charge in [-0.05, 0) is 60.2 Å². The molecule has 3 aromatic carbocycles. The predicted molar refractivity (Wildman–Crippen MR) is 136 cm³/mol. The van der Waals surface area contributed by atoms with Crippen LogP contribution in [0.2, 0.25) is 0 Å². The number of ether oxygens (including phenoxy) is 2. The number of amides is 1. The molecule has 7 nitrogen and oxygen atoms in total. The molecule has 0 unspecified atom stereocenters. The van der Waals surface area contributed by atoms with E-state index in [0.29, 0.717) is 16.9 Å². The Morgan fingerprint density at radius 3 is 2.34 bits per heavy atom. The summed E-state index contributed by atoms with van der Waals surface area (Å²) in [6.45, 7) is -0.441. The van der Waals surface area contributed by atoms with Crippen molar-refractivity contribution >= 4 is 44.5 Å². The fourth-order valence-electron chi connectivity index (χ4n) is 3.65. The Morgan fingerprint density at radius 1 is 0.943 bits per heavy atom. The lowest BCUT2D eigenvalue weighted by atomic mass is 10.0. The van der Waals surface area contributed by atoms with Gasteiger partial charge < -0.3 is 19.8 Å². The van der Waals surface area contributed by atoms with Crippen LogP contribution in [0.25, 0.3) is 10.9 Å². The zero-order valence-corrected chi connectivity index (χ0v) is 20.5. The molecule has 178 valence electrons. The maximum atomic E-state index is 13.0. The predicted octanol–water partition coefficient (Wildman–Crippen LogP) is 4.71. The van der Waals surface area contributed by atoms with Crippen molar-refractivity contribution in [2.45, 2.75) is 12.5 Å². The SMILES string of the molecule is COc1ccc(C(=O)COC(=O)[C@@H](Cc2c[nH]c3ccccc23)NC(=O)c2ccc(Br)cc2)cc1. The van der Waals surface area contributed by atoms with Gasteiger partial charge in [-0.2, -0.15) is 0 Å². The molecular weight excluding hydrogens is 512 g/mol. The molecule has 2 N–H and O–H groups in total. The number of methoxy groups -OCH3 is 1. The lowest BCUT2D eigenvalue weighted by molar-refractivity contribution is -0.144. The van der Waals surface area contributed by atoms with Crippen LogP contribution in [-0.2, 0) is 16.0 Å². The third-order valence-corrected chi connectivity index (χ3v) is 6.08. The Bertz CT molecular complexity index is 1350. The first-order chi connectivity index (χ1) is 16.9. The standard InChI is InChI=1S/C27H23BrN2O5/c1-34-21-12-8-17(9-13-21)25(31)16-35-27(33)24(30-26(32)18-6-10-20(28)11-7-18)14-19-15-29-23-5-3-2-4-22(19)23/h2-13,15,24,29H,14,16H2,1H3,(H,30,32)/t24-/m1/s1. The number of aromatic amines is 1. The van der Waals surface area contributed by atoms with Crippen LogP contribution in [0.1, 0.15) is 26.3 Å². The Morgan fingerprint density at radius 2 is 1.63 bits per heavy atom. The van der Waals surface area contributed by atoms with Crippen LogP contribution < -0.4 is 10.1 Å². The van der Waals surface area contributed by atoms with E-state index in [-0.39, 0.29) is 12.2 Å². The number of hydrogen-bond acceptors (Lipinski definition) is 5. The highest BCUT2D eigenvalue weighted by atomic mass is 79.9. The van der Waals surface area contributed by atoms with Crippen LogP contribution in [0.3, 0.4) is 0 Å². The number of esters is 1. The highest BCUT2D eigenvalue weighted by molar-refractivity contribution is 9.10. The molecule has 0 radical (unpaired) electrons. The molecule has 0 aliphatic carbocycles. The van der Waals surface area contributed by atoms with Gasteiger partial charge in [0.2, 0.25) is 0 Å². The number of nitrogens with one attached hydrogen (secondary N) is 2. The lowest BCUT2D eigenvalue weighted by Gasteiger charge is -2.18. The van der Waals surface area contributed by atoms with Gasteiger partial charge in [0.1, 0.15) is 11.8 Å². The van der Waals surface area contributed by atoms with Crippen LogP contribution >= 0.6 is 15.9 Å². The molecule has 0 fully saturated rings. The third kappa shape index (κ3) is 5.96. The molecule has 0 saturated carbocycles. The Kier molecular flexibility index (Phi) is 7.62. The first-order valence-electron chi connectivity index (χ1n) is 10.9. The second-order valence-corrected chi connectivity index (χ2v) is 8.77. The van der Waals surface area contributed by atoms with Gasteiger partial charge in [0.25, 0.3) is 5.91 Å². The van der Waals surface area contributed by atoms with Gasteiger partial charge in [-0.3, -0.25) is 9.59 Å². The number of Topliss-reactive ketones (excluding diaryl/α,β-unsaturated/α-hetero) is 1. The van der Waals surface area contributed by atoms with Gasteiger partial charge in [0.15, 0.2) is 12.4 Å². The van der Waals surface area contributed by atoms with Crippen molar-refractivity contribution < 1.29 is 23.9 Å². The molecule has 1 heterocycles. The summed E-state index contributed by atoms with van der Waals surface area (Å²) in [7, 11) is 1.54. The summed E-state index contributed by atoms with van der Waals surface area (Å²) in [6.07, 6.45) is 2.00. The Labute approximate surface area is 210 Å². The number of hydrogen-bond donors (Lipinski definition) is 2. The van der Waals surface area contributed by atoms with E-state index >= 15 is 0 Å². The summed E-state index contributed by atoms with van der Waals surface area (Å²) >= 11 is 3.34. The molecule has 1 aromatic heterocycles. The number of halogens is 1. The van der Waals surface area contributed by atoms with E-state index in [0.717, 1.165) is 20.9 Å². The number of H-pyrrole nitrogens is 1. The molecule has 0 saturated heterocycles. The topological polar surface area (TPSA) is 97.5 Å². The number of ketones is 1. The number of carbonyl (C=O) groups is 3. The van der Waals surface area contributed by atoms with E-state index in [1.165, 1.54) is 7.11 Å². The minimum atomic E-state index is -0.992. The minimum absolute atomic E-state index is 0.196. The van der Waals surface area contributed by atoms with Crippen LogP contribution in [0, 0.1) is 0 Å². The molecule has 1 amide bonds. The van der Waals surface area contributed by atoms with Gasteiger partial charge in [0.05, 0.1) is 7.11 Å². The monoisotopic (exact) mass is 534 g/mol. The van der Waals surface area contributed by atoms with Crippen molar-refractivity contribution in [2.75, 3.05) is 13.7 Å². The van der Waals surface area contributed by atoms with Gasteiger partial charge >= 0.3 is 5.97 Å². The maximum absolute atomic E-state index is 13.0. The van der Waals surface area contributed by atoms with Crippen molar-refractivity contribution in [3.05, 3.63) is 100 Å². The van der Waals surface area contributed by atoms with Gasteiger partial charge in [-0.25, -0.2) is 4.79 Å². The quantitative estimate of drug-likeness (QED) is 0.239. The molecule has 0 spiro atoms. The van der Waals surface area contributed by atoms with Crippen LogP contribution in [0.4, 0.5) is 0 Å². The van der Waals surface area contributed by atoms with Gasteiger partial charge in [-0.1, -0.05) is 34.1 Å². The van der Waals surface area contributed by atoms with E-state index in [2.05, 4.69) is 26.2 Å². The molecular formula is C27H23BrN2O5. The van der Waals surface area contributed by atoms with Crippen molar-refractivity contribution in [1.29, 1.82) is 0 Å². The Hall–Kier alpha value is -3.91. The molecule has 1 atom stereocenters. The van der Waals surface area contributed by atoms with E-state index in [4.69, 9.17) is 9.47 Å². The lowest BCUT2D eigenvalue weighted by Crippen LogP contribution is -2.43. The molecule has 8 heteroatoms. The summed E-state index contributed by atoms with van der Waals surface area (Å²) in [5.41, 5.74) is 2.56. The molecule has 4 aromatic rings. The number of fused-ring (bicyclic) bond motifs is 1. The summed E-state index contributed by atoms with van der Waals surface area (Å²) in [5, 5.41) is 3.71.